The van der Waals surface area contributed by atoms with Gasteiger partial charge in [0.25, 0.3) is 0 Å². The van der Waals surface area contributed by atoms with E-state index >= 15 is 0 Å². The summed E-state index contributed by atoms with van der Waals surface area (Å²) in [5.74, 6) is 0. The van der Waals surface area contributed by atoms with Gasteiger partial charge in [-0.2, -0.15) is 0 Å². The standard InChI is InChI=1S/C14H24N4/c1-12-4-5-15-8-13(12)9-16-10-14-11-17(2)6-7-18(14)3/h4-5,8,14,16H,6-7,9-11H2,1-3H3. The molecule has 1 aromatic rings. The number of nitrogens with one attached hydrogen (secondary N) is 1. The van der Waals surface area contributed by atoms with Gasteiger partial charge < -0.3 is 10.2 Å². The Balaban J connectivity index is 1.79. The van der Waals surface area contributed by atoms with Crippen LogP contribution in [-0.4, -0.2) is 61.1 Å². The van der Waals surface area contributed by atoms with Crippen LogP contribution in [0.4, 0.5) is 0 Å². The molecule has 0 aromatic carbocycles. The molecule has 0 amide bonds. The van der Waals surface area contributed by atoms with Gasteiger partial charge in [0.2, 0.25) is 0 Å². The minimum absolute atomic E-state index is 0.612. The molecule has 100 valence electrons. The maximum Gasteiger partial charge on any atom is 0.0345 e. The smallest absolute Gasteiger partial charge is 0.0345 e. The lowest BCUT2D eigenvalue weighted by Gasteiger charge is -2.37. The first-order valence-electron chi connectivity index (χ1n) is 6.66. The zero-order chi connectivity index (χ0) is 13.0. The van der Waals surface area contributed by atoms with Gasteiger partial charge in [-0.3, -0.25) is 9.88 Å². The molecule has 0 bridgehead atoms. The average molecular weight is 248 g/mol. The first kappa shape index (κ1) is 13.5. The van der Waals surface area contributed by atoms with Crippen molar-refractivity contribution in [3.63, 3.8) is 0 Å². The third kappa shape index (κ3) is 3.51. The predicted molar refractivity (Wildman–Crippen MR) is 74.6 cm³/mol. The monoisotopic (exact) mass is 248 g/mol. The molecule has 1 aliphatic heterocycles. The molecule has 1 aromatic heterocycles. The van der Waals surface area contributed by atoms with Crippen molar-refractivity contribution in [3.8, 4) is 0 Å². The van der Waals surface area contributed by atoms with Gasteiger partial charge >= 0.3 is 0 Å². The van der Waals surface area contributed by atoms with Gasteiger partial charge in [0.05, 0.1) is 0 Å². The molecule has 0 radical (unpaired) electrons. The summed E-state index contributed by atoms with van der Waals surface area (Å²) in [6, 6.07) is 2.68. The molecule has 18 heavy (non-hydrogen) atoms. The summed E-state index contributed by atoms with van der Waals surface area (Å²) in [6.07, 6.45) is 3.81. The van der Waals surface area contributed by atoms with E-state index < -0.39 is 0 Å². The summed E-state index contributed by atoms with van der Waals surface area (Å²) >= 11 is 0. The normalized spacial score (nSPS) is 22.3. The van der Waals surface area contributed by atoms with Gasteiger partial charge in [0, 0.05) is 51.2 Å². The fourth-order valence-corrected chi connectivity index (χ4v) is 2.38. The Bertz CT molecular complexity index is 380. The van der Waals surface area contributed by atoms with Gasteiger partial charge in [-0.05, 0) is 38.2 Å². The zero-order valence-electron chi connectivity index (χ0n) is 11.7. The van der Waals surface area contributed by atoms with Crippen LogP contribution < -0.4 is 5.32 Å². The number of nitrogens with zero attached hydrogens (tertiary/aromatic N) is 3. The van der Waals surface area contributed by atoms with Crippen LogP contribution in [0.3, 0.4) is 0 Å². The maximum atomic E-state index is 4.18. The Kier molecular flexibility index (Phi) is 4.69. The molecule has 4 nitrogen and oxygen atoms in total. The lowest BCUT2D eigenvalue weighted by Crippen LogP contribution is -2.53. The van der Waals surface area contributed by atoms with Gasteiger partial charge in [-0.15, -0.1) is 0 Å². The van der Waals surface area contributed by atoms with Crippen molar-refractivity contribution in [2.75, 3.05) is 40.3 Å². The molecule has 1 unspecified atom stereocenters. The number of piperazine rings is 1. The molecule has 1 fully saturated rings. The van der Waals surface area contributed by atoms with Crippen LogP contribution >= 0.6 is 0 Å². The maximum absolute atomic E-state index is 4.18. The van der Waals surface area contributed by atoms with Crippen LogP contribution in [0.5, 0.6) is 0 Å². The number of hydrogen-bond acceptors (Lipinski definition) is 4. The Morgan fingerprint density at radius 2 is 2.22 bits per heavy atom. The average Bonchev–Trinajstić information content (AvgIpc) is 2.36. The first-order chi connectivity index (χ1) is 8.66. The number of aromatic nitrogens is 1. The summed E-state index contributed by atoms with van der Waals surface area (Å²) in [5.41, 5.74) is 2.61. The Morgan fingerprint density at radius 3 is 3.00 bits per heavy atom. The van der Waals surface area contributed by atoms with E-state index in [1.54, 1.807) is 0 Å². The van der Waals surface area contributed by atoms with Gasteiger partial charge in [0.15, 0.2) is 0 Å². The van der Waals surface area contributed by atoms with Gasteiger partial charge in [0.1, 0.15) is 0 Å². The number of rotatable bonds is 4. The van der Waals surface area contributed by atoms with E-state index in [1.165, 1.54) is 17.7 Å². The van der Waals surface area contributed by atoms with E-state index in [1.807, 2.05) is 12.4 Å². The fraction of sp³-hybridized carbons (Fsp3) is 0.643. The summed E-state index contributed by atoms with van der Waals surface area (Å²) in [7, 11) is 4.42. The zero-order valence-corrected chi connectivity index (χ0v) is 11.7. The topological polar surface area (TPSA) is 31.4 Å². The van der Waals surface area contributed by atoms with Gasteiger partial charge in [-0.1, -0.05) is 0 Å². The molecule has 1 atom stereocenters. The largest absolute Gasteiger partial charge is 0.311 e. The highest BCUT2D eigenvalue weighted by Crippen LogP contribution is 2.07. The van der Waals surface area contributed by atoms with Crippen molar-refractivity contribution in [1.29, 1.82) is 0 Å². The molecule has 1 saturated heterocycles. The van der Waals surface area contributed by atoms with Crippen LogP contribution in [0.1, 0.15) is 11.1 Å². The van der Waals surface area contributed by atoms with Crippen LogP contribution in [0, 0.1) is 6.92 Å². The summed E-state index contributed by atoms with van der Waals surface area (Å²) in [4.78, 5) is 9.03. The molecule has 0 aliphatic carbocycles. The minimum atomic E-state index is 0.612. The van der Waals surface area contributed by atoms with Crippen molar-refractivity contribution in [1.82, 2.24) is 20.1 Å². The summed E-state index contributed by atoms with van der Waals surface area (Å²) in [5, 5.41) is 3.55. The SMILES string of the molecule is Cc1ccncc1CNCC1CN(C)CCN1C. The molecule has 1 N–H and O–H groups in total. The van der Waals surface area contributed by atoms with Crippen molar-refractivity contribution in [3.05, 3.63) is 29.6 Å². The molecular weight excluding hydrogens is 224 g/mol. The number of aryl methyl sites for hydroxylation is 1. The Hall–Kier alpha value is -0.970. The number of likely N-dealkylation sites (N-methyl/N-ethyl adjacent to an activating group) is 2. The van der Waals surface area contributed by atoms with Crippen LogP contribution in [0.25, 0.3) is 0 Å². The molecular formula is C14H24N4. The van der Waals surface area contributed by atoms with Crippen LogP contribution in [0.2, 0.25) is 0 Å². The van der Waals surface area contributed by atoms with E-state index in [9.17, 15) is 0 Å². The predicted octanol–water partition coefficient (Wildman–Crippen LogP) is 0.725. The number of hydrogen-bond donors (Lipinski definition) is 1. The lowest BCUT2D eigenvalue weighted by atomic mass is 10.1. The molecule has 0 spiro atoms. The van der Waals surface area contributed by atoms with E-state index in [4.69, 9.17) is 0 Å². The van der Waals surface area contributed by atoms with Crippen molar-refractivity contribution >= 4 is 0 Å². The second-order valence-corrected chi connectivity index (χ2v) is 5.33. The summed E-state index contributed by atoms with van der Waals surface area (Å²) in [6.45, 7) is 7.57. The van der Waals surface area contributed by atoms with E-state index in [-0.39, 0.29) is 0 Å². The second kappa shape index (κ2) is 6.27. The van der Waals surface area contributed by atoms with Crippen LogP contribution in [0.15, 0.2) is 18.5 Å². The third-order valence-corrected chi connectivity index (χ3v) is 3.82. The lowest BCUT2D eigenvalue weighted by molar-refractivity contribution is 0.113. The van der Waals surface area contributed by atoms with E-state index in [0.717, 1.165) is 26.2 Å². The molecule has 1 aliphatic rings. The van der Waals surface area contributed by atoms with Crippen LogP contribution in [-0.2, 0) is 6.54 Å². The highest BCUT2D eigenvalue weighted by molar-refractivity contribution is 5.20. The Labute approximate surface area is 110 Å². The van der Waals surface area contributed by atoms with Crippen molar-refractivity contribution in [2.24, 2.45) is 0 Å². The highest BCUT2D eigenvalue weighted by atomic mass is 15.3. The minimum Gasteiger partial charge on any atom is -0.311 e. The molecule has 0 saturated carbocycles. The second-order valence-electron chi connectivity index (χ2n) is 5.33. The molecule has 2 heterocycles. The third-order valence-electron chi connectivity index (χ3n) is 3.82. The molecule has 2 rings (SSSR count). The summed E-state index contributed by atoms with van der Waals surface area (Å²) < 4.78 is 0. The van der Waals surface area contributed by atoms with Crippen molar-refractivity contribution in [2.45, 2.75) is 19.5 Å². The fourth-order valence-electron chi connectivity index (χ4n) is 2.38. The van der Waals surface area contributed by atoms with E-state index in [2.05, 4.69) is 47.2 Å². The quantitative estimate of drug-likeness (QED) is 0.851. The highest BCUT2D eigenvalue weighted by Gasteiger charge is 2.21. The first-order valence-corrected chi connectivity index (χ1v) is 6.66. The van der Waals surface area contributed by atoms with E-state index in [0.29, 0.717) is 6.04 Å². The number of pyridine rings is 1. The Morgan fingerprint density at radius 1 is 1.39 bits per heavy atom. The molecule has 4 heteroatoms. The van der Waals surface area contributed by atoms with Crippen molar-refractivity contribution < 1.29 is 0 Å². The van der Waals surface area contributed by atoms with Gasteiger partial charge in [-0.25, -0.2) is 0 Å².